The molecule has 2 nitrogen and oxygen atoms in total. The topological polar surface area (TPSA) is 32.3 Å². The average molecular weight is 247 g/mol. The highest BCUT2D eigenvalue weighted by atomic mass is 16.3. The van der Waals surface area contributed by atoms with Crippen molar-refractivity contribution in [1.82, 2.24) is 5.32 Å². The van der Waals surface area contributed by atoms with Crippen molar-refractivity contribution in [2.75, 3.05) is 6.54 Å². The number of hydrogen-bond donors (Lipinski definition) is 2. The molecular weight excluding hydrogens is 222 g/mol. The second-order valence-electron chi connectivity index (χ2n) is 6.23. The lowest BCUT2D eigenvalue weighted by atomic mass is 9.85. The van der Waals surface area contributed by atoms with Crippen molar-refractivity contribution in [3.05, 3.63) is 29.3 Å². The lowest BCUT2D eigenvalue weighted by molar-refractivity contribution is 0.299. The van der Waals surface area contributed by atoms with E-state index in [4.69, 9.17) is 0 Å². The molecule has 2 N–H and O–H groups in total. The van der Waals surface area contributed by atoms with E-state index < -0.39 is 0 Å². The molecule has 1 aliphatic carbocycles. The number of aromatic hydroxyl groups is 1. The standard InChI is InChI=1S/C16H25NO/c1-4-16(2,3)11-17-15-7-5-6-12-10-13(18)8-9-14(12)15/h8-10,15,17-18H,4-7,11H2,1-3H3. The first-order chi connectivity index (χ1) is 8.52. The lowest BCUT2D eigenvalue weighted by Crippen LogP contribution is -2.33. The third kappa shape index (κ3) is 3.05. The van der Waals surface area contributed by atoms with Crippen LogP contribution in [0.2, 0.25) is 0 Å². The summed E-state index contributed by atoms with van der Waals surface area (Å²) in [5.74, 6) is 0.392. The van der Waals surface area contributed by atoms with Crippen LogP contribution in [0.15, 0.2) is 18.2 Å². The van der Waals surface area contributed by atoms with E-state index in [0.29, 0.717) is 17.2 Å². The molecule has 18 heavy (non-hydrogen) atoms. The van der Waals surface area contributed by atoms with Crippen LogP contribution in [0.3, 0.4) is 0 Å². The molecule has 1 atom stereocenters. The first kappa shape index (κ1) is 13.4. The van der Waals surface area contributed by atoms with E-state index in [2.05, 4.69) is 32.2 Å². The number of fused-ring (bicyclic) bond motifs is 1. The van der Waals surface area contributed by atoms with E-state index in [-0.39, 0.29) is 0 Å². The van der Waals surface area contributed by atoms with Crippen LogP contribution in [0, 0.1) is 5.41 Å². The summed E-state index contributed by atoms with van der Waals surface area (Å²) in [5.41, 5.74) is 3.05. The molecule has 0 aliphatic heterocycles. The summed E-state index contributed by atoms with van der Waals surface area (Å²) in [4.78, 5) is 0. The third-order valence-electron chi connectivity index (χ3n) is 4.23. The Labute approximate surface area is 110 Å². The normalized spacial score (nSPS) is 19.6. The number of nitrogens with one attached hydrogen (secondary N) is 1. The molecule has 1 aliphatic rings. The molecule has 0 bridgehead atoms. The van der Waals surface area contributed by atoms with Gasteiger partial charge in [-0.2, -0.15) is 0 Å². The molecule has 0 heterocycles. The van der Waals surface area contributed by atoms with Gasteiger partial charge in [0.15, 0.2) is 0 Å². The summed E-state index contributed by atoms with van der Waals surface area (Å²) in [7, 11) is 0. The Morgan fingerprint density at radius 3 is 2.89 bits per heavy atom. The Morgan fingerprint density at radius 1 is 1.39 bits per heavy atom. The van der Waals surface area contributed by atoms with Gasteiger partial charge in [0.2, 0.25) is 0 Å². The molecule has 0 saturated heterocycles. The highest BCUT2D eigenvalue weighted by molar-refractivity contribution is 5.38. The van der Waals surface area contributed by atoms with Crippen molar-refractivity contribution in [3.63, 3.8) is 0 Å². The van der Waals surface area contributed by atoms with Gasteiger partial charge in [-0.1, -0.05) is 26.8 Å². The maximum Gasteiger partial charge on any atom is 0.115 e. The average Bonchev–Trinajstić information content (AvgIpc) is 2.36. The number of phenols is 1. The molecule has 0 spiro atoms. The number of hydrogen-bond acceptors (Lipinski definition) is 2. The Balaban J connectivity index is 2.08. The highest BCUT2D eigenvalue weighted by Gasteiger charge is 2.23. The van der Waals surface area contributed by atoms with Crippen molar-refractivity contribution < 1.29 is 5.11 Å². The Morgan fingerprint density at radius 2 is 2.17 bits per heavy atom. The summed E-state index contributed by atoms with van der Waals surface area (Å²) in [5, 5.41) is 13.3. The van der Waals surface area contributed by atoms with Crippen LogP contribution in [-0.2, 0) is 6.42 Å². The maximum atomic E-state index is 9.55. The molecule has 1 unspecified atom stereocenters. The molecule has 1 aromatic carbocycles. The first-order valence-electron chi connectivity index (χ1n) is 7.07. The van der Waals surface area contributed by atoms with Crippen molar-refractivity contribution in [2.45, 2.75) is 52.5 Å². The zero-order valence-electron chi connectivity index (χ0n) is 11.8. The summed E-state index contributed by atoms with van der Waals surface area (Å²) in [6.45, 7) is 7.91. The summed E-state index contributed by atoms with van der Waals surface area (Å²) in [6.07, 6.45) is 4.70. The van der Waals surface area contributed by atoms with Gasteiger partial charge in [0.05, 0.1) is 0 Å². The second-order valence-corrected chi connectivity index (χ2v) is 6.23. The van der Waals surface area contributed by atoms with Gasteiger partial charge in [0.25, 0.3) is 0 Å². The Hall–Kier alpha value is -1.02. The van der Waals surface area contributed by atoms with E-state index in [1.807, 2.05) is 12.1 Å². The second kappa shape index (κ2) is 5.31. The van der Waals surface area contributed by atoms with Crippen LogP contribution in [-0.4, -0.2) is 11.7 Å². The monoisotopic (exact) mass is 247 g/mol. The minimum Gasteiger partial charge on any atom is -0.508 e. The van der Waals surface area contributed by atoms with Gasteiger partial charge in [-0.05, 0) is 54.4 Å². The molecule has 100 valence electrons. The SMILES string of the molecule is CCC(C)(C)CNC1CCCc2cc(O)ccc21. The van der Waals surface area contributed by atoms with Crippen molar-refractivity contribution in [1.29, 1.82) is 0 Å². The fraction of sp³-hybridized carbons (Fsp3) is 0.625. The van der Waals surface area contributed by atoms with Crippen LogP contribution >= 0.6 is 0 Å². The maximum absolute atomic E-state index is 9.55. The smallest absolute Gasteiger partial charge is 0.115 e. The van der Waals surface area contributed by atoms with Gasteiger partial charge < -0.3 is 10.4 Å². The van der Waals surface area contributed by atoms with Gasteiger partial charge in [-0.15, -0.1) is 0 Å². The van der Waals surface area contributed by atoms with Crippen molar-refractivity contribution in [3.8, 4) is 5.75 Å². The van der Waals surface area contributed by atoms with Crippen molar-refractivity contribution in [2.24, 2.45) is 5.41 Å². The minimum absolute atomic E-state index is 0.356. The third-order valence-corrected chi connectivity index (χ3v) is 4.23. The molecule has 0 saturated carbocycles. The number of benzene rings is 1. The zero-order chi connectivity index (χ0) is 13.2. The number of rotatable bonds is 4. The van der Waals surface area contributed by atoms with Gasteiger partial charge in [-0.25, -0.2) is 0 Å². The Bertz CT molecular complexity index is 412. The summed E-state index contributed by atoms with van der Waals surface area (Å²) in [6, 6.07) is 6.28. The quantitative estimate of drug-likeness (QED) is 0.848. The molecule has 0 aromatic heterocycles. The van der Waals surface area contributed by atoms with E-state index >= 15 is 0 Å². The van der Waals surface area contributed by atoms with Gasteiger partial charge in [-0.3, -0.25) is 0 Å². The van der Waals surface area contributed by atoms with Crippen LogP contribution in [0.5, 0.6) is 5.75 Å². The van der Waals surface area contributed by atoms with E-state index in [1.165, 1.54) is 30.4 Å². The summed E-state index contributed by atoms with van der Waals surface area (Å²) < 4.78 is 0. The van der Waals surface area contributed by atoms with Crippen LogP contribution < -0.4 is 5.32 Å². The largest absolute Gasteiger partial charge is 0.508 e. The molecule has 0 fully saturated rings. The predicted octanol–water partition coefficient (Wildman–Crippen LogP) is 3.80. The van der Waals surface area contributed by atoms with E-state index in [9.17, 15) is 5.11 Å². The van der Waals surface area contributed by atoms with Gasteiger partial charge in [0.1, 0.15) is 5.75 Å². The van der Waals surface area contributed by atoms with Crippen molar-refractivity contribution >= 4 is 0 Å². The van der Waals surface area contributed by atoms with Gasteiger partial charge >= 0.3 is 0 Å². The molecule has 0 radical (unpaired) electrons. The zero-order valence-corrected chi connectivity index (χ0v) is 11.8. The van der Waals surface area contributed by atoms with E-state index in [1.54, 1.807) is 0 Å². The first-order valence-corrected chi connectivity index (χ1v) is 7.07. The van der Waals surface area contributed by atoms with Crippen LogP contribution in [0.25, 0.3) is 0 Å². The molecule has 2 rings (SSSR count). The molecule has 2 heteroatoms. The number of aryl methyl sites for hydroxylation is 1. The molecule has 0 amide bonds. The fourth-order valence-electron chi connectivity index (χ4n) is 2.54. The fourth-order valence-corrected chi connectivity index (χ4v) is 2.54. The molecule has 1 aromatic rings. The summed E-state index contributed by atoms with van der Waals surface area (Å²) >= 11 is 0. The Kier molecular flexibility index (Phi) is 3.96. The minimum atomic E-state index is 0.356. The predicted molar refractivity (Wildman–Crippen MR) is 75.9 cm³/mol. The van der Waals surface area contributed by atoms with Crippen LogP contribution in [0.4, 0.5) is 0 Å². The van der Waals surface area contributed by atoms with Crippen LogP contribution in [0.1, 0.15) is 57.2 Å². The molecular formula is C16H25NO. The van der Waals surface area contributed by atoms with Gasteiger partial charge in [0, 0.05) is 12.6 Å². The lowest BCUT2D eigenvalue weighted by Gasteiger charge is -2.31. The highest BCUT2D eigenvalue weighted by Crippen LogP contribution is 2.32. The number of phenolic OH excluding ortho intramolecular Hbond substituents is 1. The van der Waals surface area contributed by atoms with E-state index in [0.717, 1.165) is 13.0 Å².